The molecule has 0 amide bonds. The van der Waals surface area contributed by atoms with Gasteiger partial charge in [-0.1, -0.05) is 0 Å². The van der Waals surface area contributed by atoms with Crippen LogP contribution in [0, 0.1) is 0 Å². The predicted octanol–water partition coefficient (Wildman–Crippen LogP) is -16.5. The summed E-state index contributed by atoms with van der Waals surface area (Å²) in [5.41, 5.74) is -0.600. The first-order valence-corrected chi connectivity index (χ1v) is 14.8. The second kappa shape index (κ2) is 33.5. The van der Waals surface area contributed by atoms with Crippen LogP contribution in [0.4, 0.5) is 0 Å². The van der Waals surface area contributed by atoms with Crippen molar-refractivity contribution in [1.29, 1.82) is 0 Å². The third kappa shape index (κ3) is 42.9. The minimum atomic E-state index is -5.17. The van der Waals surface area contributed by atoms with Gasteiger partial charge in [0.15, 0.2) is 13.1 Å². The van der Waals surface area contributed by atoms with Crippen LogP contribution in [0.5, 0.6) is 0 Å². The molecule has 3 heterocycles. The molecule has 292 valence electrons. The van der Waals surface area contributed by atoms with Gasteiger partial charge in [-0.05, 0) is 0 Å². The van der Waals surface area contributed by atoms with E-state index in [9.17, 15) is 19.8 Å². The van der Waals surface area contributed by atoms with Crippen molar-refractivity contribution in [1.82, 2.24) is 31.9 Å². The van der Waals surface area contributed by atoms with Gasteiger partial charge in [0.2, 0.25) is 0 Å². The van der Waals surface area contributed by atoms with Gasteiger partial charge in [0, 0.05) is 60.1 Å². The smallest absolute Gasteiger partial charge is 1.00 e. The molecule has 0 aromatic heterocycles. The largest absolute Gasteiger partial charge is 3.00 e. The van der Waals surface area contributed by atoms with Crippen molar-refractivity contribution >= 4 is 32.7 Å². The Morgan fingerprint density at radius 2 is 0.681 bits per heavy atom. The molecule has 3 saturated heterocycles. The fourth-order valence-corrected chi connectivity index (χ4v) is 3.97. The van der Waals surface area contributed by atoms with Gasteiger partial charge >= 0.3 is 28.7 Å². The molecular formula is C18H50ClCoN8O17S2. The number of carboxylic acid groups (broad SMARTS) is 2. The number of nitrogens with one attached hydrogen (secondary N) is 6. The van der Waals surface area contributed by atoms with Crippen molar-refractivity contribution in [2.24, 2.45) is 0 Å². The van der Waals surface area contributed by atoms with E-state index >= 15 is 0 Å². The van der Waals surface area contributed by atoms with Crippen LogP contribution in [-0.4, -0.2) is 187 Å². The van der Waals surface area contributed by atoms with E-state index in [4.69, 9.17) is 35.0 Å². The van der Waals surface area contributed by atoms with E-state index in [0.717, 1.165) is 39.3 Å². The number of nitrogens with two attached hydrogens (primary N) is 2. The number of carboxylic acids is 2. The van der Waals surface area contributed by atoms with E-state index in [-0.39, 0.29) is 80.7 Å². The first-order chi connectivity index (χ1) is 18.5. The van der Waals surface area contributed by atoms with Crippen LogP contribution in [0.3, 0.4) is 0 Å². The molecule has 3 rings (SSSR count). The summed E-state index contributed by atoms with van der Waals surface area (Å²) in [5.74, 6) is -1.63. The maximum Gasteiger partial charge on any atom is 3.00 e. The zero-order valence-corrected chi connectivity index (χ0v) is 28.5. The summed E-state index contributed by atoms with van der Waals surface area (Å²) < 4.78 is 68.2. The Bertz CT molecular complexity index is 841. The minimum Gasteiger partial charge on any atom is -1.00 e. The molecule has 25 nitrogen and oxygen atoms in total. The monoisotopic (exact) mass is 808 g/mol. The molecule has 29 heteroatoms. The van der Waals surface area contributed by atoms with Crippen LogP contribution in [0.25, 0.3) is 0 Å². The zero-order valence-electron chi connectivity index (χ0n) is 25.1. The van der Waals surface area contributed by atoms with Gasteiger partial charge in [-0.15, -0.1) is 0 Å². The van der Waals surface area contributed by atoms with Gasteiger partial charge < -0.3 is 111 Å². The van der Waals surface area contributed by atoms with E-state index in [1.165, 1.54) is 0 Å². The molecule has 0 saturated carbocycles. The molecule has 3 aliphatic rings. The van der Waals surface area contributed by atoms with Crippen LogP contribution in [-0.2, 0) is 47.2 Å². The van der Waals surface area contributed by atoms with E-state index in [1.54, 1.807) is 0 Å². The third-order valence-electron chi connectivity index (χ3n) is 5.72. The van der Waals surface area contributed by atoms with Crippen LogP contribution < -0.4 is 54.9 Å². The summed E-state index contributed by atoms with van der Waals surface area (Å²) in [6.07, 6.45) is 0. The normalized spacial score (nSPS) is 21.8. The summed E-state index contributed by atoms with van der Waals surface area (Å²) in [4.78, 5) is 22.4. The quantitative estimate of drug-likeness (QED) is 0.0879. The summed E-state index contributed by atoms with van der Waals surface area (Å²) in [6, 6.07) is 0. The number of halogens is 1. The first-order valence-electron chi connectivity index (χ1n) is 12.2. The topological polar surface area (TPSA) is 498 Å². The Morgan fingerprint density at radius 3 is 0.809 bits per heavy atom. The Labute approximate surface area is 288 Å². The molecule has 2 bridgehead atoms. The van der Waals surface area contributed by atoms with Gasteiger partial charge in [0.05, 0.1) is 39.3 Å². The number of hydrogen-bond donors (Lipinski definition) is 10. The molecule has 0 radical (unpaired) electrons. The Hall–Kier alpha value is -1.04. The molecule has 0 aliphatic carbocycles. The minimum absolute atomic E-state index is 0. The number of hydrogen-bond acceptors (Lipinski definition) is 16. The van der Waals surface area contributed by atoms with Crippen molar-refractivity contribution in [3.05, 3.63) is 0 Å². The number of fused-ring (bicyclic) bond motifs is 15. The predicted molar refractivity (Wildman–Crippen MR) is 151 cm³/mol. The van der Waals surface area contributed by atoms with Crippen molar-refractivity contribution in [2.45, 2.75) is 11.1 Å². The van der Waals surface area contributed by atoms with Crippen LogP contribution in [0.1, 0.15) is 0 Å². The SMILES string of the molecule is O.O.O.O.O.O=C(O)C[NH2+]C12CNCCNCC([NH2+]CC(=O)O)(CNCCNC1)CNCCNC2.O=S(=O)([O-])[O-].O=S(=O)([O-])[O-].[Cl-].[Co+3]. The van der Waals surface area contributed by atoms with Crippen molar-refractivity contribution in [3.8, 4) is 0 Å². The summed E-state index contributed by atoms with van der Waals surface area (Å²) in [5, 5.41) is 43.1. The summed E-state index contributed by atoms with van der Waals surface area (Å²) in [6.45, 7) is 8.63. The molecule has 0 aromatic carbocycles. The van der Waals surface area contributed by atoms with Crippen molar-refractivity contribution in [3.63, 3.8) is 0 Å². The van der Waals surface area contributed by atoms with E-state index in [1.807, 2.05) is 10.6 Å². The number of rotatable bonds is 6. The van der Waals surface area contributed by atoms with Crippen molar-refractivity contribution < 1.29 is 122 Å². The molecule has 3 aliphatic heterocycles. The third-order valence-corrected chi connectivity index (χ3v) is 5.72. The summed E-state index contributed by atoms with van der Waals surface area (Å²) in [7, 11) is -10.3. The molecule has 0 spiro atoms. The van der Waals surface area contributed by atoms with Gasteiger partial charge in [-0.3, -0.25) is 16.8 Å². The Kier molecular flexibility index (Phi) is 45.9. The van der Waals surface area contributed by atoms with Gasteiger partial charge in [-0.2, -0.15) is 0 Å². The van der Waals surface area contributed by atoms with E-state index in [0.29, 0.717) is 39.3 Å². The van der Waals surface area contributed by atoms with Gasteiger partial charge in [-0.25, -0.2) is 9.59 Å². The number of quaternary nitrogens is 2. The Morgan fingerprint density at radius 1 is 0.532 bits per heavy atom. The molecule has 3 fully saturated rings. The van der Waals surface area contributed by atoms with Gasteiger partial charge in [0.25, 0.3) is 0 Å². The van der Waals surface area contributed by atoms with Crippen LogP contribution in [0.2, 0.25) is 0 Å². The number of carbonyl (C=O) groups is 2. The van der Waals surface area contributed by atoms with Crippen molar-refractivity contribution in [2.75, 3.05) is 91.6 Å². The maximum absolute atomic E-state index is 11.2. The molecule has 22 N–H and O–H groups in total. The fraction of sp³-hybridized carbons (Fsp3) is 0.889. The Balaban J connectivity index is -0.000000131. The first kappa shape index (κ1) is 64.5. The standard InChI is InChI=1S/C18H38N8O4.ClH.Co.2H2O4S.5H2O/c27-15(28)7-25-17-9-19-1-2-20-10-18(26-8-16(29)30,13-23-5-3-21-11-17)14-24-6-4-22-12-17;;;2*1-5(2,3)4;;;;;/h19-26H,1-14H2,(H,27,28)(H,29,30);1H;;2*(H2,1,2,3,4);5*1H2/q;;+3;;;;;;;/p-3. The maximum atomic E-state index is 11.2. The molecule has 47 heavy (non-hydrogen) atoms. The van der Waals surface area contributed by atoms with E-state index in [2.05, 4.69) is 31.9 Å². The second-order valence-corrected chi connectivity index (χ2v) is 10.8. The fourth-order valence-electron chi connectivity index (χ4n) is 3.97. The summed E-state index contributed by atoms with van der Waals surface area (Å²) >= 11 is 0. The van der Waals surface area contributed by atoms with E-state index < -0.39 is 32.7 Å². The number of aliphatic carboxylic acids is 2. The molecule has 0 unspecified atom stereocenters. The molecular weight excluding hydrogens is 759 g/mol. The molecule has 0 atom stereocenters. The van der Waals surface area contributed by atoms with Crippen LogP contribution >= 0.6 is 0 Å². The van der Waals surface area contributed by atoms with Crippen LogP contribution in [0.15, 0.2) is 0 Å². The average Bonchev–Trinajstić information content (AvgIpc) is 2.80. The van der Waals surface area contributed by atoms with Gasteiger partial charge in [0.1, 0.15) is 11.1 Å². The zero-order chi connectivity index (χ0) is 30.7. The molecule has 0 aromatic rings. The second-order valence-electron chi connectivity index (χ2n) is 9.21. The average molecular weight is 809 g/mol.